The van der Waals surface area contributed by atoms with Crippen LogP contribution in [-0.2, 0) is 4.74 Å². The number of nitrogens with zero attached hydrogens (tertiary/aromatic N) is 1. The van der Waals surface area contributed by atoms with Gasteiger partial charge in [0.05, 0.1) is 0 Å². The number of benzene rings is 1. The second-order valence-corrected chi connectivity index (χ2v) is 7.09. The van der Waals surface area contributed by atoms with Gasteiger partial charge in [-0.3, -0.25) is 0 Å². The first-order valence-corrected chi connectivity index (χ1v) is 9.08. The van der Waals surface area contributed by atoms with Gasteiger partial charge < -0.3 is 0 Å². The quantitative estimate of drug-likeness (QED) is 0.842. The van der Waals surface area contributed by atoms with E-state index in [2.05, 4.69) is 12.1 Å². The van der Waals surface area contributed by atoms with Crippen molar-refractivity contribution in [3.8, 4) is 0 Å². The maximum atomic E-state index is 12.0. The van der Waals surface area contributed by atoms with Gasteiger partial charge in [-0.15, -0.1) is 0 Å². The van der Waals surface area contributed by atoms with Gasteiger partial charge in [0, 0.05) is 0 Å². The van der Waals surface area contributed by atoms with Crippen molar-refractivity contribution in [2.75, 3.05) is 13.2 Å². The van der Waals surface area contributed by atoms with E-state index in [4.69, 9.17) is 4.74 Å². The number of aliphatic hydroxyl groups is 1. The Labute approximate surface area is 126 Å². The standard InChI is InChI=1S/C15H21NO3Se/c1-2-19-15(18)16-10-6-9-14(17)13(16)11-20-12-7-4-3-5-8-12/h3-5,7-8,13-14,17H,2,6,9-11H2,1H3/t13-,14-/m1/s1. The first-order chi connectivity index (χ1) is 9.72. The molecular formula is C15H21NO3Se. The summed E-state index contributed by atoms with van der Waals surface area (Å²) in [5.74, 6) is 0. The third-order valence-corrected chi connectivity index (χ3v) is 5.75. The number of piperidine rings is 1. The van der Waals surface area contributed by atoms with Crippen molar-refractivity contribution in [2.45, 2.75) is 37.2 Å². The zero-order valence-corrected chi connectivity index (χ0v) is 13.4. The second kappa shape index (κ2) is 7.67. The summed E-state index contributed by atoms with van der Waals surface area (Å²) in [5.41, 5.74) is 0. The summed E-state index contributed by atoms with van der Waals surface area (Å²) in [7, 11) is 0. The monoisotopic (exact) mass is 343 g/mol. The zero-order valence-electron chi connectivity index (χ0n) is 11.7. The van der Waals surface area contributed by atoms with Crippen molar-refractivity contribution in [1.29, 1.82) is 0 Å². The van der Waals surface area contributed by atoms with E-state index in [-0.39, 0.29) is 27.1 Å². The number of carbonyl (C=O) groups is 1. The molecule has 0 aliphatic carbocycles. The molecular weight excluding hydrogens is 321 g/mol. The normalized spacial score (nSPS) is 22.6. The molecule has 4 nitrogen and oxygen atoms in total. The molecule has 0 spiro atoms. The summed E-state index contributed by atoms with van der Waals surface area (Å²) in [5, 5.41) is 11.0. The van der Waals surface area contributed by atoms with Crippen LogP contribution < -0.4 is 4.46 Å². The van der Waals surface area contributed by atoms with Crippen molar-refractivity contribution in [3.05, 3.63) is 30.3 Å². The molecule has 0 aromatic heterocycles. The van der Waals surface area contributed by atoms with Gasteiger partial charge in [-0.25, -0.2) is 0 Å². The van der Waals surface area contributed by atoms with Crippen LogP contribution in [0.1, 0.15) is 19.8 Å². The molecule has 1 aromatic rings. The molecule has 5 heteroatoms. The van der Waals surface area contributed by atoms with Crippen LogP contribution in [-0.4, -0.2) is 56.4 Å². The molecule has 110 valence electrons. The van der Waals surface area contributed by atoms with E-state index in [1.165, 1.54) is 4.46 Å². The number of aliphatic hydroxyl groups excluding tert-OH is 1. The Hall–Kier alpha value is -1.03. The summed E-state index contributed by atoms with van der Waals surface area (Å²) >= 11 is 0.259. The average molecular weight is 342 g/mol. The van der Waals surface area contributed by atoms with Crippen LogP contribution in [0, 0.1) is 0 Å². The minimum atomic E-state index is -0.432. The van der Waals surface area contributed by atoms with E-state index in [9.17, 15) is 9.90 Å². The van der Waals surface area contributed by atoms with Crippen molar-refractivity contribution in [1.82, 2.24) is 4.90 Å². The summed E-state index contributed by atoms with van der Waals surface area (Å²) in [6, 6.07) is 10.1. The fraction of sp³-hybridized carbons (Fsp3) is 0.533. The Bertz CT molecular complexity index is 426. The predicted molar refractivity (Wildman–Crippen MR) is 79.4 cm³/mol. The molecule has 20 heavy (non-hydrogen) atoms. The molecule has 0 unspecified atom stereocenters. The first kappa shape index (κ1) is 15.4. The Morgan fingerprint density at radius 2 is 2.20 bits per heavy atom. The van der Waals surface area contributed by atoms with E-state index in [1.54, 1.807) is 11.8 Å². The van der Waals surface area contributed by atoms with Crippen LogP contribution in [0.25, 0.3) is 0 Å². The summed E-state index contributed by atoms with van der Waals surface area (Å²) in [6.45, 7) is 2.87. The average Bonchev–Trinajstić information content (AvgIpc) is 2.47. The van der Waals surface area contributed by atoms with Gasteiger partial charge in [-0.2, -0.15) is 0 Å². The Morgan fingerprint density at radius 3 is 2.90 bits per heavy atom. The fourth-order valence-electron chi connectivity index (χ4n) is 2.37. The van der Waals surface area contributed by atoms with Gasteiger partial charge >= 0.3 is 126 Å². The second-order valence-electron chi connectivity index (χ2n) is 4.79. The van der Waals surface area contributed by atoms with Gasteiger partial charge in [0.15, 0.2) is 0 Å². The van der Waals surface area contributed by atoms with Crippen LogP contribution in [0.15, 0.2) is 30.3 Å². The Morgan fingerprint density at radius 1 is 1.45 bits per heavy atom. The Kier molecular flexibility index (Phi) is 5.89. The van der Waals surface area contributed by atoms with E-state index in [1.807, 2.05) is 18.2 Å². The molecule has 0 bridgehead atoms. The van der Waals surface area contributed by atoms with Gasteiger partial charge in [-0.1, -0.05) is 0 Å². The van der Waals surface area contributed by atoms with Crippen LogP contribution in [0.4, 0.5) is 4.79 Å². The summed E-state index contributed by atoms with van der Waals surface area (Å²) < 4.78 is 6.39. The van der Waals surface area contributed by atoms with Crippen molar-refractivity contribution < 1.29 is 14.6 Å². The van der Waals surface area contributed by atoms with Crippen molar-refractivity contribution in [3.63, 3.8) is 0 Å². The van der Waals surface area contributed by atoms with Gasteiger partial charge in [0.1, 0.15) is 0 Å². The molecule has 2 rings (SSSR count). The molecule has 1 aromatic carbocycles. The zero-order chi connectivity index (χ0) is 14.4. The van der Waals surface area contributed by atoms with Crippen molar-refractivity contribution in [2.24, 2.45) is 0 Å². The predicted octanol–water partition coefficient (Wildman–Crippen LogP) is 1.42. The number of rotatable bonds is 4. The number of hydrogen-bond acceptors (Lipinski definition) is 3. The van der Waals surface area contributed by atoms with Crippen LogP contribution in [0.2, 0.25) is 5.32 Å². The maximum absolute atomic E-state index is 12.0. The molecule has 1 saturated heterocycles. The topological polar surface area (TPSA) is 49.8 Å². The summed E-state index contributed by atoms with van der Waals surface area (Å²) in [4.78, 5) is 13.7. The fourth-order valence-corrected chi connectivity index (χ4v) is 4.71. The van der Waals surface area contributed by atoms with E-state index in [0.29, 0.717) is 13.2 Å². The van der Waals surface area contributed by atoms with Crippen LogP contribution in [0.5, 0.6) is 0 Å². The number of amides is 1. The SMILES string of the molecule is CCOC(=O)N1CCC[C@@H](O)[C@H]1C[Se]c1ccccc1. The van der Waals surface area contributed by atoms with E-state index < -0.39 is 6.10 Å². The van der Waals surface area contributed by atoms with Crippen molar-refractivity contribution >= 4 is 25.5 Å². The van der Waals surface area contributed by atoms with Crippen LogP contribution >= 0.6 is 0 Å². The number of ether oxygens (including phenoxy) is 1. The molecule has 1 fully saturated rings. The van der Waals surface area contributed by atoms with E-state index in [0.717, 1.165) is 18.2 Å². The molecule has 0 radical (unpaired) electrons. The molecule has 2 atom stereocenters. The summed E-state index contributed by atoms with van der Waals surface area (Å²) in [6.07, 6.45) is 0.888. The molecule has 1 amide bonds. The minimum absolute atomic E-state index is 0.108. The van der Waals surface area contributed by atoms with Crippen LogP contribution in [0.3, 0.4) is 0 Å². The van der Waals surface area contributed by atoms with Gasteiger partial charge in [0.25, 0.3) is 0 Å². The first-order valence-electron chi connectivity index (χ1n) is 7.01. The third kappa shape index (κ3) is 3.98. The van der Waals surface area contributed by atoms with Gasteiger partial charge in [0.2, 0.25) is 0 Å². The Balaban J connectivity index is 1.98. The molecule has 1 aliphatic heterocycles. The molecule has 0 saturated carbocycles. The molecule has 1 N–H and O–H groups in total. The molecule has 1 heterocycles. The molecule has 1 aliphatic rings. The number of carbonyl (C=O) groups excluding carboxylic acids is 1. The van der Waals surface area contributed by atoms with Gasteiger partial charge in [-0.05, 0) is 0 Å². The number of likely N-dealkylation sites (tertiary alicyclic amines) is 1. The number of hydrogen-bond donors (Lipinski definition) is 1. The van der Waals surface area contributed by atoms with E-state index >= 15 is 0 Å². The third-order valence-electron chi connectivity index (χ3n) is 3.41.